The summed E-state index contributed by atoms with van der Waals surface area (Å²) in [5.41, 5.74) is -0.769. The van der Waals surface area contributed by atoms with Crippen molar-refractivity contribution in [3.8, 4) is 0 Å². The summed E-state index contributed by atoms with van der Waals surface area (Å²) in [5, 5.41) is 0. The number of esters is 1. The van der Waals surface area contributed by atoms with E-state index < -0.39 is 16.2 Å². The lowest BCUT2D eigenvalue weighted by molar-refractivity contribution is -0.152. The average Bonchev–Trinajstić information content (AvgIpc) is 1.78. The molecule has 0 N–H and O–H groups in total. The van der Waals surface area contributed by atoms with E-state index in [-0.39, 0.29) is 6.61 Å². The zero-order valence-electron chi connectivity index (χ0n) is 7.03. The number of carbonyl (C=O) groups is 1. The van der Waals surface area contributed by atoms with Crippen LogP contribution in [0.2, 0.25) is 0 Å². The lowest BCUT2D eigenvalue weighted by Gasteiger charge is -2.17. The van der Waals surface area contributed by atoms with Gasteiger partial charge in [-0.2, -0.15) is 8.78 Å². The van der Waals surface area contributed by atoms with Crippen LogP contribution in [0.15, 0.2) is 0 Å². The summed E-state index contributed by atoms with van der Waals surface area (Å²) >= 11 is 2.01. The highest BCUT2D eigenvalue weighted by atomic mass is 79.9. The van der Waals surface area contributed by atoms with Crippen molar-refractivity contribution in [1.82, 2.24) is 0 Å². The third kappa shape index (κ3) is 5.46. The summed E-state index contributed by atoms with van der Waals surface area (Å²) in [6.45, 7) is 4.90. The zero-order valence-corrected chi connectivity index (χ0v) is 8.61. The van der Waals surface area contributed by atoms with Crippen molar-refractivity contribution in [3.63, 3.8) is 0 Å². The Labute approximate surface area is 78.4 Å². The van der Waals surface area contributed by atoms with Crippen LogP contribution in [0.1, 0.15) is 20.8 Å². The van der Waals surface area contributed by atoms with Crippen molar-refractivity contribution >= 4 is 21.9 Å². The molecule has 0 unspecified atom stereocenters. The van der Waals surface area contributed by atoms with Gasteiger partial charge in [-0.25, -0.2) is 0 Å². The molecule has 0 aliphatic carbocycles. The number of ether oxygens (including phenoxy) is 1. The van der Waals surface area contributed by atoms with Gasteiger partial charge in [-0.15, -0.1) is 0 Å². The van der Waals surface area contributed by atoms with Crippen molar-refractivity contribution in [2.75, 3.05) is 0 Å². The van der Waals surface area contributed by atoms with E-state index in [0.717, 1.165) is 0 Å². The number of alkyl halides is 3. The molecular weight excluding hydrogens is 234 g/mol. The predicted octanol–water partition coefficient (Wildman–Crippen LogP) is 2.73. The first-order valence-electron chi connectivity index (χ1n) is 3.25. The Morgan fingerprint density at radius 1 is 1.42 bits per heavy atom. The van der Waals surface area contributed by atoms with Gasteiger partial charge in [0.15, 0.2) is 0 Å². The molecule has 0 heterocycles. The van der Waals surface area contributed by atoms with E-state index in [4.69, 9.17) is 0 Å². The molecule has 0 bridgehead atoms. The Balaban J connectivity index is 3.90. The van der Waals surface area contributed by atoms with Crippen LogP contribution in [0.25, 0.3) is 0 Å². The molecule has 0 spiro atoms. The maximum Gasteiger partial charge on any atom is 0.341 e. The van der Waals surface area contributed by atoms with Crippen LogP contribution in [0.5, 0.6) is 0 Å². The second-order valence-corrected chi connectivity index (χ2v) is 4.37. The van der Waals surface area contributed by atoms with Crippen LogP contribution in [0, 0.1) is 12.0 Å². The second-order valence-electron chi connectivity index (χ2n) is 3.31. The minimum absolute atomic E-state index is 0.167. The summed E-state index contributed by atoms with van der Waals surface area (Å²) in [6, 6.07) is 0. The molecular formula is C7H10BrF2O2. The molecule has 0 aromatic heterocycles. The fourth-order valence-corrected chi connectivity index (χ4v) is 0.391. The van der Waals surface area contributed by atoms with Crippen LogP contribution in [-0.2, 0) is 9.53 Å². The number of carbonyl (C=O) groups excluding carboxylic acids is 1. The van der Waals surface area contributed by atoms with Gasteiger partial charge in [0.25, 0.3) is 0 Å². The van der Waals surface area contributed by atoms with Gasteiger partial charge in [0.2, 0.25) is 6.61 Å². The zero-order chi connectivity index (χ0) is 9.99. The Bertz CT molecular complexity index is 169. The van der Waals surface area contributed by atoms with Crippen LogP contribution < -0.4 is 0 Å². The number of hydrogen-bond acceptors (Lipinski definition) is 2. The molecule has 0 saturated heterocycles. The van der Waals surface area contributed by atoms with Gasteiger partial charge in [0.05, 0.1) is 5.41 Å². The van der Waals surface area contributed by atoms with Crippen molar-refractivity contribution in [2.24, 2.45) is 5.41 Å². The summed E-state index contributed by atoms with van der Waals surface area (Å²) in [4.78, 5) is 7.65. The summed E-state index contributed by atoms with van der Waals surface area (Å²) < 4.78 is 28.3. The van der Waals surface area contributed by atoms with Crippen LogP contribution >= 0.6 is 15.9 Å². The molecule has 5 heteroatoms. The van der Waals surface area contributed by atoms with E-state index in [9.17, 15) is 13.6 Å². The number of hydrogen-bond donors (Lipinski definition) is 0. The second kappa shape index (κ2) is 3.68. The smallest absolute Gasteiger partial charge is 0.341 e. The van der Waals surface area contributed by atoms with Crippen LogP contribution in [0.4, 0.5) is 8.78 Å². The third-order valence-electron chi connectivity index (χ3n) is 0.912. The fraction of sp³-hybridized carbons (Fsp3) is 0.714. The third-order valence-corrected chi connectivity index (χ3v) is 1.10. The predicted molar refractivity (Wildman–Crippen MR) is 43.7 cm³/mol. The molecule has 2 nitrogen and oxygen atoms in total. The van der Waals surface area contributed by atoms with Crippen molar-refractivity contribution in [1.29, 1.82) is 0 Å². The van der Waals surface area contributed by atoms with Gasteiger partial charge in [0.1, 0.15) is 0 Å². The van der Waals surface area contributed by atoms with Crippen molar-refractivity contribution in [2.45, 2.75) is 25.6 Å². The molecule has 0 fully saturated rings. The average molecular weight is 244 g/mol. The van der Waals surface area contributed by atoms with E-state index in [1.807, 2.05) is 15.9 Å². The molecule has 0 aliphatic heterocycles. The lowest BCUT2D eigenvalue weighted by atomic mass is 9.97. The maximum atomic E-state index is 12.1. The van der Waals surface area contributed by atoms with Gasteiger partial charge in [-0.1, -0.05) is 0 Å². The van der Waals surface area contributed by atoms with Crippen molar-refractivity contribution < 1.29 is 18.3 Å². The SMILES string of the molecule is CC(C)(C)C(=O)O[CH]C(F)(F)Br. The van der Waals surface area contributed by atoms with E-state index in [0.29, 0.717) is 0 Å². The quantitative estimate of drug-likeness (QED) is 0.551. The normalized spacial score (nSPS) is 12.8. The molecule has 0 rings (SSSR count). The Hall–Kier alpha value is -0.190. The van der Waals surface area contributed by atoms with E-state index >= 15 is 0 Å². The topological polar surface area (TPSA) is 26.3 Å². The molecule has 0 aromatic rings. The summed E-state index contributed by atoms with van der Waals surface area (Å²) in [5.74, 6) is -0.693. The highest BCUT2D eigenvalue weighted by molar-refractivity contribution is 9.10. The molecule has 71 valence electrons. The maximum absolute atomic E-state index is 12.1. The van der Waals surface area contributed by atoms with Crippen molar-refractivity contribution in [3.05, 3.63) is 6.61 Å². The van der Waals surface area contributed by atoms with Gasteiger partial charge in [0, 0.05) is 0 Å². The molecule has 0 atom stereocenters. The molecule has 0 saturated carbocycles. The number of halogens is 3. The first kappa shape index (κ1) is 11.8. The van der Waals surface area contributed by atoms with Gasteiger partial charge < -0.3 is 4.74 Å². The summed E-state index contributed by atoms with van der Waals surface area (Å²) in [6.07, 6.45) is 0. The lowest BCUT2D eigenvalue weighted by Crippen LogP contribution is -2.24. The largest absolute Gasteiger partial charge is 0.450 e. The minimum Gasteiger partial charge on any atom is -0.450 e. The Morgan fingerprint density at radius 3 is 2.08 bits per heavy atom. The van der Waals surface area contributed by atoms with Gasteiger partial charge in [-0.3, -0.25) is 4.79 Å². The van der Waals surface area contributed by atoms with Crippen LogP contribution in [0.3, 0.4) is 0 Å². The van der Waals surface area contributed by atoms with Crippen LogP contribution in [-0.4, -0.2) is 10.8 Å². The van der Waals surface area contributed by atoms with E-state index in [1.54, 1.807) is 20.8 Å². The monoisotopic (exact) mass is 243 g/mol. The molecule has 0 aliphatic rings. The summed E-state index contributed by atoms with van der Waals surface area (Å²) in [7, 11) is 0. The molecule has 12 heavy (non-hydrogen) atoms. The molecule has 1 radical (unpaired) electrons. The number of rotatable bonds is 2. The fourth-order valence-electron chi connectivity index (χ4n) is 0.297. The van der Waals surface area contributed by atoms with E-state index in [1.165, 1.54) is 0 Å². The van der Waals surface area contributed by atoms with E-state index in [2.05, 4.69) is 4.74 Å². The first-order chi connectivity index (χ1) is 5.13. The molecule has 0 amide bonds. The highest BCUT2D eigenvalue weighted by Gasteiger charge is 2.31. The Kier molecular flexibility index (Phi) is 3.62. The van der Waals surface area contributed by atoms with Gasteiger partial charge >= 0.3 is 10.8 Å². The first-order valence-corrected chi connectivity index (χ1v) is 4.04. The standard InChI is InChI=1S/C7H10BrF2O2/c1-6(2,3)5(11)12-4-7(8,9)10/h4H,1-3H3. The highest BCUT2D eigenvalue weighted by Crippen LogP contribution is 2.27. The van der Waals surface area contributed by atoms with Gasteiger partial charge in [-0.05, 0) is 36.7 Å². The molecule has 0 aromatic carbocycles. The Morgan fingerprint density at radius 2 is 1.83 bits per heavy atom. The minimum atomic E-state index is -3.26.